The summed E-state index contributed by atoms with van der Waals surface area (Å²) in [7, 11) is -3.72. The van der Waals surface area contributed by atoms with E-state index >= 15 is 0 Å². The lowest BCUT2D eigenvalue weighted by molar-refractivity contribution is -0.114. The standard InChI is InChI=1S/C17H18Cl2N2O3S2/c1-3-25-16-7-5-4-6-14(16)20-17(22)11-21(26(2,23)24)15-9-8-12(18)10-13(15)19/h4-10H,3,11H2,1-2H3,(H,20,22). The molecule has 0 fully saturated rings. The van der Waals surface area contributed by atoms with Gasteiger partial charge in [0.2, 0.25) is 15.9 Å². The number of hydrogen-bond donors (Lipinski definition) is 1. The van der Waals surface area contributed by atoms with Gasteiger partial charge in [-0.25, -0.2) is 8.42 Å². The summed E-state index contributed by atoms with van der Waals surface area (Å²) in [6.45, 7) is 1.61. The highest BCUT2D eigenvalue weighted by molar-refractivity contribution is 7.99. The second-order valence-electron chi connectivity index (χ2n) is 5.34. The molecule has 0 aromatic heterocycles. The van der Waals surface area contributed by atoms with Gasteiger partial charge in [0.05, 0.1) is 22.7 Å². The predicted molar refractivity (Wildman–Crippen MR) is 110 cm³/mol. The first-order valence-corrected chi connectivity index (χ1v) is 11.3. The van der Waals surface area contributed by atoms with E-state index in [0.29, 0.717) is 10.7 Å². The Morgan fingerprint density at radius 3 is 2.50 bits per heavy atom. The van der Waals surface area contributed by atoms with Crippen molar-refractivity contribution in [2.45, 2.75) is 11.8 Å². The molecule has 0 unspecified atom stereocenters. The fourth-order valence-electron chi connectivity index (χ4n) is 2.24. The number of sulfonamides is 1. The van der Waals surface area contributed by atoms with Crippen LogP contribution >= 0.6 is 35.0 Å². The number of benzene rings is 2. The number of thioether (sulfide) groups is 1. The Hall–Kier alpha value is -1.41. The van der Waals surface area contributed by atoms with E-state index in [-0.39, 0.29) is 10.7 Å². The monoisotopic (exact) mass is 432 g/mol. The molecule has 2 aromatic rings. The quantitative estimate of drug-likeness (QED) is 0.653. The van der Waals surface area contributed by atoms with Gasteiger partial charge in [0.15, 0.2) is 0 Å². The van der Waals surface area contributed by atoms with Crippen LogP contribution in [0, 0.1) is 0 Å². The molecule has 0 spiro atoms. The maximum absolute atomic E-state index is 12.5. The van der Waals surface area contributed by atoms with E-state index in [4.69, 9.17) is 23.2 Å². The molecule has 1 amide bonds. The fourth-order valence-corrected chi connectivity index (χ4v) is 4.43. The van der Waals surface area contributed by atoms with Crippen LogP contribution in [0.4, 0.5) is 11.4 Å². The number of amides is 1. The van der Waals surface area contributed by atoms with Crippen molar-refractivity contribution < 1.29 is 13.2 Å². The molecule has 0 saturated heterocycles. The topological polar surface area (TPSA) is 66.5 Å². The van der Waals surface area contributed by atoms with Crippen LogP contribution in [0.2, 0.25) is 10.0 Å². The van der Waals surface area contributed by atoms with Crippen LogP contribution < -0.4 is 9.62 Å². The molecule has 1 N–H and O–H groups in total. The van der Waals surface area contributed by atoms with E-state index in [0.717, 1.165) is 21.2 Å². The van der Waals surface area contributed by atoms with Gasteiger partial charge < -0.3 is 5.32 Å². The number of carbonyl (C=O) groups excluding carboxylic acids is 1. The molecular weight excluding hydrogens is 415 g/mol. The van der Waals surface area contributed by atoms with Gasteiger partial charge in [-0.15, -0.1) is 11.8 Å². The Balaban J connectivity index is 2.26. The van der Waals surface area contributed by atoms with Gasteiger partial charge in [-0.2, -0.15) is 0 Å². The molecule has 0 aliphatic heterocycles. The van der Waals surface area contributed by atoms with Crippen LogP contribution in [0.3, 0.4) is 0 Å². The second kappa shape index (κ2) is 8.99. The van der Waals surface area contributed by atoms with Crippen LogP contribution in [0.15, 0.2) is 47.4 Å². The van der Waals surface area contributed by atoms with Gasteiger partial charge in [-0.3, -0.25) is 9.10 Å². The summed E-state index contributed by atoms with van der Waals surface area (Å²) in [4.78, 5) is 13.4. The minimum absolute atomic E-state index is 0.151. The van der Waals surface area contributed by atoms with Crippen molar-refractivity contribution in [1.82, 2.24) is 0 Å². The molecule has 0 heterocycles. The lowest BCUT2D eigenvalue weighted by Crippen LogP contribution is -2.37. The zero-order valence-corrected chi connectivity index (χ0v) is 17.3. The Labute approximate surface area is 167 Å². The zero-order chi connectivity index (χ0) is 19.3. The predicted octanol–water partition coefficient (Wildman–Crippen LogP) is 4.51. The molecule has 0 aliphatic carbocycles. The first kappa shape index (κ1) is 20.9. The van der Waals surface area contributed by atoms with E-state index in [1.54, 1.807) is 23.9 Å². The summed E-state index contributed by atoms with van der Waals surface area (Å²) < 4.78 is 25.3. The molecule has 26 heavy (non-hydrogen) atoms. The Bertz CT molecular complexity index is 905. The second-order valence-corrected chi connectivity index (χ2v) is 9.40. The summed E-state index contributed by atoms with van der Waals surface area (Å²) in [5.74, 6) is 0.383. The molecule has 140 valence electrons. The summed E-state index contributed by atoms with van der Waals surface area (Å²) in [6, 6.07) is 11.8. The average molecular weight is 433 g/mol. The lowest BCUT2D eigenvalue weighted by atomic mass is 10.3. The highest BCUT2D eigenvalue weighted by Gasteiger charge is 2.23. The molecule has 0 bridgehead atoms. The maximum atomic E-state index is 12.5. The number of anilines is 2. The highest BCUT2D eigenvalue weighted by atomic mass is 35.5. The van der Waals surface area contributed by atoms with E-state index in [1.165, 1.54) is 18.2 Å². The minimum Gasteiger partial charge on any atom is -0.323 e. The number of halogens is 2. The largest absolute Gasteiger partial charge is 0.323 e. The van der Waals surface area contributed by atoms with Crippen molar-refractivity contribution in [3.05, 3.63) is 52.5 Å². The SMILES string of the molecule is CCSc1ccccc1NC(=O)CN(c1ccc(Cl)cc1Cl)S(C)(=O)=O. The van der Waals surface area contributed by atoms with E-state index in [2.05, 4.69) is 5.32 Å². The molecule has 0 aliphatic rings. The van der Waals surface area contributed by atoms with Crippen molar-refractivity contribution >= 4 is 62.3 Å². The van der Waals surface area contributed by atoms with E-state index in [1.807, 2.05) is 19.1 Å². The van der Waals surface area contributed by atoms with Gasteiger partial charge in [0.25, 0.3) is 0 Å². The zero-order valence-electron chi connectivity index (χ0n) is 14.2. The van der Waals surface area contributed by atoms with E-state index < -0.39 is 22.5 Å². The van der Waals surface area contributed by atoms with Crippen molar-refractivity contribution in [2.75, 3.05) is 28.2 Å². The molecular formula is C17H18Cl2N2O3S2. The van der Waals surface area contributed by atoms with Gasteiger partial charge in [0, 0.05) is 9.92 Å². The third-order valence-corrected chi connectivity index (χ3v) is 5.95. The van der Waals surface area contributed by atoms with Gasteiger partial charge >= 0.3 is 0 Å². The summed E-state index contributed by atoms with van der Waals surface area (Å²) in [5.41, 5.74) is 0.838. The molecule has 0 radical (unpaired) electrons. The average Bonchev–Trinajstić information content (AvgIpc) is 2.54. The van der Waals surface area contributed by atoms with Crippen LogP contribution in [-0.4, -0.2) is 32.9 Å². The fraction of sp³-hybridized carbons (Fsp3) is 0.235. The number of carbonyl (C=O) groups is 1. The number of rotatable bonds is 7. The number of nitrogens with zero attached hydrogens (tertiary/aromatic N) is 1. The van der Waals surface area contributed by atoms with Crippen molar-refractivity contribution in [3.8, 4) is 0 Å². The van der Waals surface area contributed by atoms with Crippen molar-refractivity contribution in [3.63, 3.8) is 0 Å². The van der Waals surface area contributed by atoms with Crippen LogP contribution in [-0.2, 0) is 14.8 Å². The van der Waals surface area contributed by atoms with E-state index in [9.17, 15) is 13.2 Å². The van der Waals surface area contributed by atoms with Crippen molar-refractivity contribution in [1.29, 1.82) is 0 Å². The Kier molecular flexibility index (Phi) is 7.23. The molecule has 0 saturated carbocycles. The van der Waals surface area contributed by atoms with Gasteiger partial charge in [-0.05, 0) is 36.1 Å². The molecule has 2 aromatic carbocycles. The van der Waals surface area contributed by atoms with Crippen molar-refractivity contribution in [2.24, 2.45) is 0 Å². The van der Waals surface area contributed by atoms with Crippen LogP contribution in [0.25, 0.3) is 0 Å². The maximum Gasteiger partial charge on any atom is 0.245 e. The van der Waals surface area contributed by atoms with Gasteiger partial charge in [-0.1, -0.05) is 42.3 Å². The number of para-hydroxylation sites is 1. The first-order valence-electron chi connectivity index (χ1n) is 7.66. The third-order valence-electron chi connectivity index (χ3n) is 3.33. The minimum atomic E-state index is -3.72. The first-order chi connectivity index (χ1) is 12.2. The molecule has 0 atom stereocenters. The summed E-state index contributed by atoms with van der Waals surface area (Å²) >= 11 is 13.6. The highest BCUT2D eigenvalue weighted by Crippen LogP contribution is 2.31. The molecule has 2 rings (SSSR count). The Morgan fingerprint density at radius 2 is 1.88 bits per heavy atom. The summed E-state index contributed by atoms with van der Waals surface area (Å²) in [5, 5.41) is 3.29. The Morgan fingerprint density at radius 1 is 1.19 bits per heavy atom. The normalized spacial score (nSPS) is 11.2. The smallest absolute Gasteiger partial charge is 0.245 e. The van der Waals surface area contributed by atoms with Gasteiger partial charge in [0.1, 0.15) is 6.54 Å². The van der Waals surface area contributed by atoms with Crippen LogP contribution in [0.1, 0.15) is 6.92 Å². The van der Waals surface area contributed by atoms with Crippen LogP contribution in [0.5, 0.6) is 0 Å². The lowest BCUT2D eigenvalue weighted by Gasteiger charge is -2.23. The molecule has 9 heteroatoms. The summed E-state index contributed by atoms with van der Waals surface area (Å²) in [6.07, 6.45) is 1.02. The molecule has 5 nitrogen and oxygen atoms in total. The third kappa shape index (κ3) is 5.54. The number of hydrogen-bond acceptors (Lipinski definition) is 4. The number of nitrogens with one attached hydrogen (secondary N) is 1.